The number of fused-ring (bicyclic) bond motifs is 1. The summed E-state index contributed by atoms with van der Waals surface area (Å²) < 4.78 is 0. The zero-order chi connectivity index (χ0) is 10.3. The molecule has 1 heterocycles. The van der Waals surface area contributed by atoms with Crippen molar-refractivity contribution in [1.29, 1.82) is 0 Å². The number of aromatic nitrogens is 2. The first kappa shape index (κ1) is 9.25. The summed E-state index contributed by atoms with van der Waals surface area (Å²) in [5.74, 6) is 0. The van der Waals surface area contributed by atoms with Crippen LogP contribution in [0.25, 0.3) is 10.9 Å². The summed E-state index contributed by atoms with van der Waals surface area (Å²) in [5, 5.41) is 8.68. The topological polar surface area (TPSA) is 28.7 Å². The molecule has 0 fully saturated rings. The Bertz CT molecular complexity index is 461. The molecule has 74 valence electrons. The van der Waals surface area contributed by atoms with E-state index in [-0.39, 0.29) is 5.41 Å². The molecule has 0 unspecified atom stereocenters. The molecule has 2 heteroatoms. The van der Waals surface area contributed by atoms with Gasteiger partial charge in [-0.1, -0.05) is 32.4 Å². The van der Waals surface area contributed by atoms with Crippen molar-refractivity contribution in [2.75, 3.05) is 0 Å². The van der Waals surface area contributed by atoms with Crippen molar-refractivity contribution < 1.29 is 0 Å². The molecule has 0 radical (unpaired) electrons. The molecular weight excluding hydrogens is 172 g/mol. The summed E-state index contributed by atoms with van der Waals surface area (Å²) in [5.41, 5.74) is 3.68. The van der Waals surface area contributed by atoms with Crippen LogP contribution in [0, 0.1) is 6.92 Å². The molecule has 2 rings (SSSR count). The van der Waals surface area contributed by atoms with E-state index >= 15 is 0 Å². The lowest BCUT2D eigenvalue weighted by atomic mass is 9.89. The molecule has 0 aliphatic rings. The van der Waals surface area contributed by atoms with Gasteiger partial charge < -0.3 is 0 Å². The number of aromatic amines is 1. The Labute approximate surface area is 84.3 Å². The molecule has 1 aromatic carbocycles. The number of hydrogen-bond acceptors (Lipinski definition) is 1. The van der Waals surface area contributed by atoms with Gasteiger partial charge in [-0.3, -0.25) is 5.10 Å². The lowest BCUT2D eigenvalue weighted by molar-refractivity contribution is 0.571. The van der Waals surface area contributed by atoms with Crippen molar-refractivity contribution in [3.8, 4) is 0 Å². The fraction of sp³-hybridized carbons (Fsp3) is 0.417. The smallest absolute Gasteiger partial charge is 0.0924 e. The third kappa shape index (κ3) is 1.41. The minimum absolute atomic E-state index is 0.128. The minimum atomic E-state index is 0.128. The first-order chi connectivity index (χ1) is 6.48. The van der Waals surface area contributed by atoms with Gasteiger partial charge in [0.2, 0.25) is 0 Å². The Morgan fingerprint density at radius 2 is 1.93 bits per heavy atom. The van der Waals surface area contributed by atoms with E-state index in [1.54, 1.807) is 0 Å². The largest absolute Gasteiger partial charge is 0.281 e. The zero-order valence-corrected chi connectivity index (χ0v) is 9.18. The number of H-pyrrole nitrogens is 1. The molecule has 2 nitrogen and oxygen atoms in total. The van der Waals surface area contributed by atoms with E-state index in [1.807, 2.05) is 0 Å². The Morgan fingerprint density at radius 3 is 2.57 bits per heavy atom. The number of rotatable bonds is 0. The van der Waals surface area contributed by atoms with Crippen molar-refractivity contribution in [2.24, 2.45) is 0 Å². The van der Waals surface area contributed by atoms with E-state index in [4.69, 9.17) is 0 Å². The number of hydrogen-bond donors (Lipinski definition) is 1. The molecule has 14 heavy (non-hydrogen) atoms. The second-order valence-electron chi connectivity index (χ2n) is 4.87. The van der Waals surface area contributed by atoms with Crippen LogP contribution in [-0.2, 0) is 5.41 Å². The van der Waals surface area contributed by atoms with Gasteiger partial charge in [-0.2, -0.15) is 5.10 Å². The Kier molecular flexibility index (Phi) is 1.88. The molecule has 2 aromatic rings. The van der Waals surface area contributed by atoms with Crippen molar-refractivity contribution in [1.82, 2.24) is 10.2 Å². The molecule has 0 bridgehead atoms. The number of nitrogens with one attached hydrogen (secondary N) is 1. The van der Waals surface area contributed by atoms with Crippen molar-refractivity contribution in [3.63, 3.8) is 0 Å². The second-order valence-corrected chi connectivity index (χ2v) is 4.87. The van der Waals surface area contributed by atoms with Crippen LogP contribution in [0.3, 0.4) is 0 Å². The van der Waals surface area contributed by atoms with Gasteiger partial charge in [-0.05, 0) is 19.1 Å². The average Bonchev–Trinajstić information content (AvgIpc) is 2.45. The van der Waals surface area contributed by atoms with Crippen molar-refractivity contribution >= 4 is 10.9 Å². The van der Waals surface area contributed by atoms with E-state index in [9.17, 15) is 0 Å². The highest BCUT2D eigenvalue weighted by atomic mass is 15.1. The van der Waals surface area contributed by atoms with Crippen LogP contribution < -0.4 is 0 Å². The van der Waals surface area contributed by atoms with Gasteiger partial charge in [0, 0.05) is 16.5 Å². The summed E-state index contributed by atoms with van der Waals surface area (Å²) >= 11 is 0. The van der Waals surface area contributed by atoms with Gasteiger partial charge >= 0.3 is 0 Å². The van der Waals surface area contributed by atoms with E-state index in [1.165, 1.54) is 16.6 Å². The van der Waals surface area contributed by atoms with Crippen LogP contribution >= 0.6 is 0 Å². The number of nitrogens with zero attached hydrogens (tertiary/aromatic N) is 1. The first-order valence-corrected chi connectivity index (χ1v) is 4.94. The molecule has 0 spiro atoms. The van der Waals surface area contributed by atoms with Crippen molar-refractivity contribution in [2.45, 2.75) is 33.1 Å². The average molecular weight is 188 g/mol. The fourth-order valence-electron chi connectivity index (χ4n) is 1.70. The van der Waals surface area contributed by atoms with Crippen LogP contribution in [0.1, 0.15) is 32.0 Å². The monoisotopic (exact) mass is 188 g/mol. The predicted octanol–water partition coefficient (Wildman–Crippen LogP) is 3.17. The van der Waals surface area contributed by atoms with Crippen LogP contribution in [0.2, 0.25) is 0 Å². The molecule has 0 saturated heterocycles. The van der Waals surface area contributed by atoms with E-state index in [0.29, 0.717) is 0 Å². The predicted molar refractivity (Wildman–Crippen MR) is 59.5 cm³/mol. The van der Waals surface area contributed by atoms with Gasteiger partial charge in [0.05, 0.1) is 5.52 Å². The molecule has 0 aliphatic heterocycles. The molecule has 1 N–H and O–H groups in total. The Hall–Kier alpha value is -1.31. The first-order valence-electron chi connectivity index (χ1n) is 4.94. The molecule has 0 saturated carbocycles. The van der Waals surface area contributed by atoms with Gasteiger partial charge in [0.1, 0.15) is 0 Å². The highest BCUT2D eigenvalue weighted by molar-refractivity contribution is 5.82. The number of aryl methyl sites for hydroxylation is 1. The van der Waals surface area contributed by atoms with Gasteiger partial charge in [0.15, 0.2) is 0 Å². The summed E-state index contributed by atoms with van der Waals surface area (Å²) in [6.45, 7) is 8.70. The van der Waals surface area contributed by atoms with Gasteiger partial charge in [-0.25, -0.2) is 0 Å². The summed E-state index contributed by atoms with van der Waals surface area (Å²) in [6, 6.07) is 6.35. The third-order valence-corrected chi connectivity index (χ3v) is 2.46. The van der Waals surface area contributed by atoms with Crippen molar-refractivity contribution in [3.05, 3.63) is 29.5 Å². The van der Waals surface area contributed by atoms with Crippen LogP contribution in [0.5, 0.6) is 0 Å². The highest BCUT2D eigenvalue weighted by Gasteiger charge is 2.19. The molecule has 1 aromatic heterocycles. The minimum Gasteiger partial charge on any atom is -0.281 e. The van der Waals surface area contributed by atoms with Crippen LogP contribution in [-0.4, -0.2) is 10.2 Å². The summed E-state index contributed by atoms with van der Waals surface area (Å²) in [4.78, 5) is 0. The molecule has 0 amide bonds. The third-order valence-electron chi connectivity index (χ3n) is 2.46. The normalized spacial score (nSPS) is 12.3. The van der Waals surface area contributed by atoms with Crippen LogP contribution in [0.4, 0.5) is 0 Å². The standard InChI is InChI=1S/C12H16N2/c1-8-5-6-10-9(7-8)11(14-13-10)12(2,3)4/h5-7H,1-4H3,(H,13,14). The second kappa shape index (κ2) is 2.84. The van der Waals surface area contributed by atoms with E-state index in [0.717, 1.165) is 5.52 Å². The lowest BCUT2D eigenvalue weighted by Crippen LogP contribution is -2.11. The quantitative estimate of drug-likeness (QED) is 0.676. The summed E-state index contributed by atoms with van der Waals surface area (Å²) in [7, 11) is 0. The highest BCUT2D eigenvalue weighted by Crippen LogP contribution is 2.27. The molecular formula is C12H16N2. The molecule has 0 atom stereocenters. The SMILES string of the molecule is Cc1ccc2n[nH]c(C(C)(C)C)c2c1. The summed E-state index contributed by atoms with van der Waals surface area (Å²) in [6.07, 6.45) is 0. The Morgan fingerprint density at radius 1 is 1.21 bits per heavy atom. The van der Waals surface area contributed by atoms with Crippen LogP contribution in [0.15, 0.2) is 18.2 Å². The maximum absolute atomic E-state index is 4.30. The Balaban J connectivity index is 2.73. The fourth-order valence-corrected chi connectivity index (χ4v) is 1.70. The van der Waals surface area contributed by atoms with Gasteiger partial charge in [0.25, 0.3) is 0 Å². The van der Waals surface area contributed by atoms with E-state index < -0.39 is 0 Å². The zero-order valence-electron chi connectivity index (χ0n) is 9.18. The lowest BCUT2D eigenvalue weighted by Gasteiger charge is -2.16. The maximum Gasteiger partial charge on any atom is 0.0924 e. The maximum atomic E-state index is 4.30. The molecule has 0 aliphatic carbocycles. The van der Waals surface area contributed by atoms with E-state index in [2.05, 4.69) is 56.1 Å². The number of benzene rings is 1. The van der Waals surface area contributed by atoms with Gasteiger partial charge in [-0.15, -0.1) is 0 Å².